The lowest BCUT2D eigenvalue weighted by molar-refractivity contribution is -0.131. The number of Topliss-reactive ketones (excluding diaryl/α,β-unsaturated/α-hetero) is 1. The minimum atomic E-state index is -0.329. The number of nitrogens with zero attached hydrogens (tertiary/aromatic N) is 1. The minimum Gasteiger partial charge on any atom is -0.324 e. The summed E-state index contributed by atoms with van der Waals surface area (Å²) in [6.07, 6.45) is 1.88. The van der Waals surface area contributed by atoms with Crippen molar-refractivity contribution in [1.29, 1.82) is 0 Å². The molecular formula is C17H24N2O2. The number of ketones is 1. The van der Waals surface area contributed by atoms with Crippen LogP contribution in [-0.2, 0) is 9.59 Å². The van der Waals surface area contributed by atoms with Crippen molar-refractivity contribution < 1.29 is 9.59 Å². The molecule has 1 aliphatic heterocycles. The third-order valence-electron chi connectivity index (χ3n) is 4.08. The van der Waals surface area contributed by atoms with Crippen LogP contribution in [0.2, 0.25) is 0 Å². The van der Waals surface area contributed by atoms with Crippen LogP contribution in [0.5, 0.6) is 0 Å². The van der Waals surface area contributed by atoms with Crippen LogP contribution in [0.4, 0.5) is 5.69 Å². The Morgan fingerprint density at radius 2 is 2.00 bits per heavy atom. The molecule has 4 heteroatoms. The standard InChI is InChI=1S/C17H24N2O2/c1-4-9-19-10-8-14(20)11-15(19)17(21)18-16-12(2)6-5-7-13(16)3/h5-7,15H,4,8-11H2,1-3H3,(H,18,21). The van der Waals surface area contributed by atoms with Crippen molar-refractivity contribution in [2.75, 3.05) is 18.4 Å². The van der Waals surface area contributed by atoms with Gasteiger partial charge in [0.15, 0.2) is 0 Å². The molecular weight excluding hydrogens is 264 g/mol. The highest BCUT2D eigenvalue weighted by atomic mass is 16.2. The first-order chi connectivity index (χ1) is 10.0. The summed E-state index contributed by atoms with van der Waals surface area (Å²) >= 11 is 0. The Kier molecular flexibility index (Phi) is 5.12. The summed E-state index contributed by atoms with van der Waals surface area (Å²) in [7, 11) is 0. The third-order valence-corrected chi connectivity index (χ3v) is 4.08. The number of hydrogen-bond donors (Lipinski definition) is 1. The van der Waals surface area contributed by atoms with E-state index in [1.165, 1.54) is 0 Å². The molecule has 21 heavy (non-hydrogen) atoms. The summed E-state index contributed by atoms with van der Waals surface area (Å²) in [5.74, 6) is 0.123. The molecule has 0 aliphatic carbocycles. The summed E-state index contributed by atoms with van der Waals surface area (Å²) in [6, 6.07) is 5.62. The lowest BCUT2D eigenvalue weighted by Gasteiger charge is -2.33. The second-order valence-corrected chi connectivity index (χ2v) is 5.80. The molecule has 4 nitrogen and oxygen atoms in total. The molecule has 1 aromatic rings. The lowest BCUT2D eigenvalue weighted by atomic mass is 9.99. The number of nitrogens with one attached hydrogen (secondary N) is 1. The highest BCUT2D eigenvalue weighted by Crippen LogP contribution is 2.22. The monoisotopic (exact) mass is 288 g/mol. The number of hydrogen-bond acceptors (Lipinski definition) is 3. The predicted octanol–water partition coefficient (Wildman–Crippen LogP) is 2.69. The van der Waals surface area contributed by atoms with Crippen LogP contribution in [-0.4, -0.2) is 35.7 Å². The molecule has 1 unspecified atom stereocenters. The van der Waals surface area contributed by atoms with Gasteiger partial charge in [-0.05, 0) is 37.9 Å². The van der Waals surface area contributed by atoms with E-state index in [0.717, 1.165) is 29.8 Å². The number of carbonyl (C=O) groups is 2. The van der Waals surface area contributed by atoms with Crippen LogP contribution in [0.15, 0.2) is 18.2 Å². The first-order valence-corrected chi connectivity index (χ1v) is 7.65. The number of aryl methyl sites for hydroxylation is 2. The van der Waals surface area contributed by atoms with Gasteiger partial charge in [-0.2, -0.15) is 0 Å². The Hall–Kier alpha value is -1.68. The minimum absolute atomic E-state index is 0.0612. The molecule has 0 spiro atoms. The van der Waals surface area contributed by atoms with Gasteiger partial charge in [-0.25, -0.2) is 0 Å². The fourth-order valence-electron chi connectivity index (χ4n) is 2.90. The van der Waals surface area contributed by atoms with Crippen LogP contribution >= 0.6 is 0 Å². The maximum atomic E-state index is 12.6. The van der Waals surface area contributed by atoms with E-state index in [4.69, 9.17) is 0 Å². The highest BCUT2D eigenvalue weighted by molar-refractivity contribution is 5.99. The second kappa shape index (κ2) is 6.85. The fourth-order valence-corrected chi connectivity index (χ4v) is 2.90. The van der Waals surface area contributed by atoms with Crippen molar-refractivity contribution in [3.8, 4) is 0 Å². The van der Waals surface area contributed by atoms with E-state index in [0.29, 0.717) is 19.4 Å². The van der Waals surface area contributed by atoms with E-state index in [1.807, 2.05) is 32.0 Å². The van der Waals surface area contributed by atoms with Crippen molar-refractivity contribution >= 4 is 17.4 Å². The predicted molar refractivity (Wildman–Crippen MR) is 84.4 cm³/mol. The van der Waals surface area contributed by atoms with Crippen molar-refractivity contribution in [3.05, 3.63) is 29.3 Å². The summed E-state index contributed by atoms with van der Waals surface area (Å²) < 4.78 is 0. The lowest BCUT2D eigenvalue weighted by Crippen LogP contribution is -2.49. The highest BCUT2D eigenvalue weighted by Gasteiger charge is 2.32. The third kappa shape index (κ3) is 3.70. The molecule has 1 fully saturated rings. The number of carbonyl (C=O) groups excluding carboxylic acids is 2. The van der Waals surface area contributed by atoms with Crippen LogP contribution in [0, 0.1) is 13.8 Å². The van der Waals surface area contributed by atoms with Crippen molar-refractivity contribution in [1.82, 2.24) is 4.90 Å². The van der Waals surface area contributed by atoms with Gasteiger partial charge in [0.2, 0.25) is 5.91 Å². The maximum absolute atomic E-state index is 12.6. The number of para-hydroxylation sites is 1. The number of anilines is 1. The van der Waals surface area contributed by atoms with Crippen molar-refractivity contribution in [3.63, 3.8) is 0 Å². The zero-order valence-corrected chi connectivity index (χ0v) is 13.1. The molecule has 1 amide bonds. The number of rotatable bonds is 4. The normalized spacial score (nSPS) is 19.6. The van der Waals surface area contributed by atoms with Gasteiger partial charge in [-0.3, -0.25) is 14.5 Å². The van der Waals surface area contributed by atoms with Gasteiger partial charge in [-0.1, -0.05) is 25.1 Å². The molecule has 1 atom stereocenters. The number of likely N-dealkylation sites (tertiary alicyclic amines) is 1. The van der Waals surface area contributed by atoms with Gasteiger partial charge in [0.1, 0.15) is 5.78 Å². The molecule has 1 aliphatic rings. The van der Waals surface area contributed by atoms with Gasteiger partial charge >= 0.3 is 0 Å². The van der Waals surface area contributed by atoms with Crippen LogP contribution in [0.1, 0.15) is 37.3 Å². The van der Waals surface area contributed by atoms with E-state index >= 15 is 0 Å². The zero-order chi connectivity index (χ0) is 15.4. The average molecular weight is 288 g/mol. The number of amides is 1. The maximum Gasteiger partial charge on any atom is 0.242 e. The Morgan fingerprint density at radius 1 is 1.33 bits per heavy atom. The molecule has 1 saturated heterocycles. The molecule has 0 saturated carbocycles. The Bertz CT molecular complexity index is 519. The SMILES string of the molecule is CCCN1CCC(=O)CC1C(=O)Nc1c(C)cccc1C. The summed E-state index contributed by atoms with van der Waals surface area (Å²) in [5, 5.41) is 3.02. The largest absolute Gasteiger partial charge is 0.324 e. The first kappa shape index (κ1) is 15.7. The summed E-state index contributed by atoms with van der Waals surface area (Å²) in [4.78, 5) is 26.4. The summed E-state index contributed by atoms with van der Waals surface area (Å²) in [6.45, 7) is 7.61. The van der Waals surface area contributed by atoms with Gasteiger partial charge in [-0.15, -0.1) is 0 Å². The molecule has 0 aromatic heterocycles. The molecule has 114 valence electrons. The fraction of sp³-hybridized carbons (Fsp3) is 0.529. The molecule has 1 aromatic carbocycles. The van der Waals surface area contributed by atoms with E-state index in [9.17, 15) is 9.59 Å². The second-order valence-electron chi connectivity index (χ2n) is 5.80. The Labute approximate surface area is 126 Å². The molecule has 0 radical (unpaired) electrons. The van der Waals surface area contributed by atoms with E-state index in [1.54, 1.807) is 0 Å². The average Bonchev–Trinajstić information content (AvgIpc) is 2.45. The quantitative estimate of drug-likeness (QED) is 0.926. The van der Waals surface area contributed by atoms with E-state index in [2.05, 4.69) is 17.1 Å². The Morgan fingerprint density at radius 3 is 2.62 bits per heavy atom. The molecule has 1 N–H and O–H groups in total. The van der Waals surface area contributed by atoms with Crippen LogP contribution < -0.4 is 5.32 Å². The van der Waals surface area contributed by atoms with Gasteiger partial charge in [0, 0.05) is 25.1 Å². The topological polar surface area (TPSA) is 49.4 Å². The molecule has 1 heterocycles. The zero-order valence-electron chi connectivity index (χ0n) is 13.1. The van der Waals surface area contributed by atoms with Crippen molar-refractivity contribution in [2.45, 2.75) is 46.1 Å². The van der Waals surface area contributed by atoms with Gasteiger partial charge in [0.25, 0.3) is 0 Å². The van der Waals surface area contributed by atoms with E-state index in [-0.39, 0.29) is 17.7 Å². The number of piperidine rings is 1. The van der Waals surface area contributed by atoms with Crippen LogP contribution in [0.25, 0.3) is 0 Å². The van der Waals surface area contributed by atoms with E-state index < -0.39 is 0 Å². The number of benzene rings is 1. The molecule has 0 bridgehead atoms. The first-order valence-electron chi connectivity index (χ1n) is 7.65. The Balaban J connectivity index is 2.15. The van der Waals surface area contributed by atoms with Crippen molar-refractivity contribution in [2.24, 2.45) is 0 Å². The van der Waals surface area contributed by atoms with Gasteiger partial charge in [0.05, 0.1) is 6.04 Å². The smallest absolute Gasteiger partial charge is 0.242 e. The van der Waals surface area contributed by atoms with Gasteiger partial charge < -0.3 is 5.32 Å². The summed E-state index contributed by atoms with van der Waals surface area (Å²) in [5.41, 5.74) is 2.97. The van der Waals surface area contributed by atoms with Crippen LogP contribution in [0.3, 0.4) is 0 Å². The molecule has 2 rings (SSSR count).